The largest absolute Gasteiger partial charge is 0.294 e. The molecule has 0 bridgehead atoms. The lowest BCUT2D eigenvalue weighted by molar-refractivity contribution is -0.121. The van der Waals surface area contributed by atoms with Gasteiger partial charge in [-0.25, -0.2) is 0 Å². The molecule has 0 unspecified atom stereocenters. The first-order valence-corrected chi connectivity index (χ1v) is 6.02. The highest BCUT2D eigenvalue weighted by Crippen LogP contribution is 2.40. The summed E-state index contributed by atoms with van der Waals surface area (Å²) in [5, 5.41) is 0. The Morgan fingerprint density at radius 3 is 2.31 bits per heavy atom. The molecule has 0 saturated heterocycles. The molecule has 16 heavy (non-hydrogen) atoms. The van der Waals surface area contributed by atoms with Crippen molar-refractivity contribution in [2.24, 2.45) is 0 Å². The summed E-state index contributed by atoms with van der Waals surface area (Å²) in [5.74, 6) is 0.193. The molecule has 0 aromatic heterocycles. The zero-order chi connectivity index (χ0) is 11.4. The fraction of sp³-hybridized carbons (Fsp3) is 0.400. The van der Waals surface area contributed by atoms with E-state index in [1.165, 1.54) is 18.1 Å². The van der Waals surface area contributed by atoms with Gasteiger partial charge in [-0.3, -0.25) is 4.79 Å². The Morgan fingerprint density at radius 2 is 1.75 bits per heavy atom. The van der Waals surface area contributed by atoms with Gasteiger partial charge in [-0.15, -0.1) is 0 Å². The average Bonchev–Trinajstić information content (AvgIpc) is 2.39. The fourth-order valence-corrected chi connectivity index (χ4v) is 2.79. The Kier molecular flexibility index (Phi) is 3.23. The molecule has 0 N–H and O–H groups in total. The summed E-state index contributed by atoms with van der Waals surface area (Å²) in [4.78, 5) is 12.2. The summed E-state index contributed by atoms with van der Waals surface area (Å²) in [5.41, 5.74) is 0.890. The van der Waals surface area contributed by atoms with Crippen LogP contribution in [0.3, 0.4) is 0 Å². The summed E-state index contributed by atoms with van der Waals surface area (Å²) in [6.07, 6.45) is 6.99. The SMILES string of the molecule is C=CC(=O)C1(c2ccccc2)CCCCC1. The minimum Gasteiger partial charge on any atom is -0.294 e. The van der Waals surface area contributed by atoms with E-state index in [0.29, 0.717) is 0 Å². The predicted octanol–water partition coefficient (Wildman–Crippen LogP) is 3.64. The van der Waals surface area contributed by atoms with Crippen molar-refractivity contribution < 1.29 is 4.79 Å². The number of rotatable bonds is 3. The molecule has 1 nitrogen and oxygen atoms in total. The summed E-state index contributed by atoms with van der Waals surface area (Å²) in [6.45, 7) is 3.66. The lowest BCUT2D eigenvalue weighted by Gasteiger charge is -2.35. The summed E-state index contributed by atoms with van der Waals surface area (Å²) in [6, 6.07) is 10.2. The number of allylic oxidation sites excluding steroid dienone is 1. The van der Waals surface area contributed by atoms with E-state index in [-0.39, 0.29) is 11.2 Å². The highest BCUT2D eigenvalue weighted by atomic mass is 16.1. The van der Waals surface area contributed by atoms with E-state index in [9.17, 15) is 4.79 Å². The normalized spacial score (nSPS) is 19.0. The smallest absolute Gasteiger partial charge is 0.165 e. The molecule has 0 aliphatic heterocycles. The number of benzene rings is 1. The van der Waals surface area contributed by atoms with Crippen molar-refractivity contribution in [2.45, 2.75) is 37.5 Å². The fourth-order valence-electron chi connectivity index (χ4n) is 2.79. The molecule has 1 aromatic carbocycles. The third-order valence-electron chi connectivity index (χ3n) is 3.69. The maximum Gasteiger partial charge on any atom is 0.165 e. The van der Waals surface area contributed by atoms with E-state index in [2.05, 4.69) is 18.7 Å². The molecule has 0 atom stereocenters. The van der Waals surface area contributed by atoms with Gasteiger partial charge in [0.25, 0.3) is 0 Å². The number of hydrogen-bond donors (Lipinski definition) is 0. The second-order valence-electron chi connectivity index (χ2n) is 4.58. The molecule has 0 amide bonds. The zero-order valence-corrected chi connectivity index (χ0v) is 9.61. The highest BCUT2D eigenvalue weighted by Gasteiger charge is 2.38. The van der Waals surface area contributed by atoms with Crippen LogP contribution in [0.2, 0.25) is 0 Å². The Labute approximate surface area is 97.2 Å². The van der Waals surface area contributed by atoms with Gasteiger partial charge in [-0.2, -0.15) is 0 Å². The van der Waals surface area contributed by atoms with Gasteiger partial charge >= 0.3 is 0 Å². The lowest BCUT2D eigenvalue weighted by atomic mass is 9.67. The Morgan fingerprint density at radius 1 is 1.12 bits per heavy atom. The molecule has 1 fully saturated rings. The van der Waals surface area contributed by atoms with Crippen molar-refractivity contribution in [3.63, 3.8) is 0 Å². The van der Waals surface area contributed by atoms with Crippen LogP contribution in [0, 0.1) is 0 Å². The van der Waals surface area contributed by atoms with Gasteiger partial charge in [0.1, 0.15) is 0 Å². The van der Waals surface area contributed by atoms with Crippen LogP contribution in [-0.2, 0) is 10.2 Å². The standard InChI is InChI=1S/C15H18O/c1-2-14(16)15(11-7-4-8-12-15)13-9-5-3-6-10-13/h2-3,5-6,9-10H,1,4,7-8,11-12H2. The van der Waals surface area contributed by atoms with Crippen molar-refractivity contribution in [1.82, 2.24) is 0 Å². The van der Waals surface area contributed by atoms with Crippen LogP contribution in [0.5, 0.6) is 0 Å². The monoisotopic (exact) mass is 214 g/mol. The van der Waals surface area contributed by atoms with E-state index in [1.807, 2.05) is 18.2 Å². The van der Waals surface area contributed by atoms with E-state index < -0.39 is 0 Å². The molecule has 1 saturated carbocycles. The molecule has 0 spiro atoms. The van der Waals surface area contributed by atoms with Crippen molar-refractivity contribution in [3.8, 4) is 0 Å². The van der Waals surface area contributed by atoms with E-state index in [4.69, 9.17) is 0 Å². The third kappa shape index (κ3) is 1.82. The third-order valence-corrected chi connectivity index (χ3v) is 3.69. The summed E-state index contributed by atoms with van der Waals surface area (Å²) < 4.78 is 0. The summed E-state index contributed by atoms with van der Waals surface area (Å²) >= 11 is 0. The second-order valence-corrected chi connectivity index (χ2v) is 4.58. The van der Waals surface area contributed by atoms with Crippen molar-refractivity contribution in [1.29, 1.82) is 0 Å². The molecular formula is C15H18O. The molecule has 2 rings (SSSR count). The first-order valence-electron chi connectivity index (χ1n) is 6.02. The van der Waals surface area contributed by atoms with Crippen LogP contribution in [0.1, 0.15) is 37.7 Å². The Hall–Kier alpha value is -1.37. The predicted molar refractivity (Wildman–Crippen MR) is 66.4 cm³/mol. The molecule has 1 heteroatoms. The minimum atomic E-state index is -0.277. The van der Waals surface area contributed by atoms with E-state index in [0.717, 1.165) is 25.7 Å². The maximum atomic E-state index is 12.2. The summed E-state index contributed by atoms with van der Waals surface area (Å²) in [7, 11) is 0. The van der Waals surface area contributed by atoms with Gasteiger partial charge in [0, 0.05) is 0 Å². The van der Waals surface area contributed by atoms with Gasteiger partial charge in [0.15, 0.2) is 5.78 Å². The van der Waals surface area contributed by atoms with E-state index in [1.54, 1.807) is 0 Å². The van der Waals surface area contributed by atoms with Crippen molar-refractivity contribution in [2.75, 3.05) is 0 Å². The van der Waals surface area contributed by atoms with Gasteiger partial charge in [-0.05, 0) is 24.5 Å². The van der Waals surface area contributed by atoms with Crippen LogP contribution in [0.4, 0.5) is 0 Å². The van der Waals surface area contributed by atoms with Crippen molar-refractivity contribution >= 4 is 5.78 Å². The zero-order valence-electron chi connectivity index (χ0n) is 9.61. The van der Waals surface area contributed by atoms with Crippen LogP contribution >= 0.6 is 0 Å². The Balaban J connectivity index is 2.41. The van der Waals surface area contributed by atoms with Crippen LogP contribution in [-0.4, -0.2) is 5.78 Å². The second kappa shape index (κ2) is 4.65. The molecule has 84 valence electrons. The first-order chi connectivity index (χ1) is 7.79. The Bertz CT molecular complexity index is 372. The van der Waals surface area contributed by atoms with Gasteiger partial charge in [-0.1, -0.05) is 56.2 Å². The van der Waals surface area contributed by atoms with Crippen LogP contribution in [0.15, 0.2) is 43.0 Å². The number of carbonyl (C=O) groups is 1. The number of hydrogen-bond acceptors (Lipinski definition) is 1. The van der Waals surface area contributed by atoms with Gasteiger partial charge < -0.3 is 0 Å². The topological polar surface area (TPSA) is 17.1 Å². The van der Waals surface area contributed by atoms with Gasteiger partial charge in [0.2, 0.25) is 0 Å². The van der Waals surface area contributed by atoms with E-state index >= 15 is 0 Å². The molecule has 0 heterocycles. The van der Waals surface area contributed by atoms with Crippen LogP contribution < -0.4 is 0 Å². The van der Waals surface area contributed by atoms with Gasteiger partial charge in [0.05, 0.1) is 5.41 Å². The quantitative estimate of drug-likeness (QED) is 0.702. The molecule has 1 aliphatic carbocycles. The number of carbonyl (C=O) groups excluding carboxylic acids is 1. The molecule has 1 aliphatic rings. The molecular weight excluding hydrogens is 196 g/mol. The van der Waals surface area contributed by atoms with Crippen LogP contribution in [0.25, 0.3) is 0 Å². The number of ketones is 1. The molecule has 0 radical (unpaired) electrons. The minimum absolute atomic E-state index is 0.193. The lowest BCUT2D eigenvalue weighted by Crippen LogP contribution is -2.36. The van der Waals surface area contributed by atoms with Crippen molar-refractivity contribution in [3.05, 3.63) is 48.6 Å². The molecule has 1 aromatic rings. The highest BCUT2D eigenvalue weighted by molar-refractivity contribution is 5.98. The maximum absolute atomic E-state index is 12.2. The average molecular weight is 214 g/mol. The first kappa shape index (κ1) is 11.1.